The van der Waals surface area contributed by atoms with Gasteiger partial charge in [-0.25, -0.2) is 0 Å². The van der Waals surface area contributed by atoms with Crippen LogP contribution in [0.25, 0.3) is 0 Å². The van der Waals surface area contributed by atoms with Gasteiger partial charge < -0.3 is 19.2 Å². The Kier molecular flexibility index (Phi) is 9.36. The predicted octanol–water partition coefficient (Wildman–Crippen LogP) is 5.48. The van der Waals surface area contributed by atoms with Crippen molar-refractivity contribution >= 4 is 6.29 Å². The minimum Gasteiger partial charge on any atom is -0.500 e. The number of hydrogen-bond donors (Lipinski definition) is 0. The number of benzene rings is 1. The number of methoxy groups -OCH3 is 2. The largest absolute Gasteiger partial charge is 0.500 e. The Balaban J connectivity index is 2.04. The summed E-state index contributed by atoms with van der Waals surface area (Å²) in [5.41, 5.74) is 3.92. The number of likely N-dealkylation sites (N-methyl/N-ethyl adjacent to an activating group) is 1. The molecule has 0 heterocycles. The molecule has 1 aromatic rings. The third kappa shape index (κ3) is 6.00. The molecule has 172 valence electrons. The molecule has 0 N–H and O–H groups in total. The number of ether oxygens (including phenoxy) is 2. The molecule has 2 rings (SSSR count). The third-order valence-electron chi connectivity index (χ3n) is 7.08. The van der Waals surface area contributed by atoms with Gasteiger partial charge in [-0.15, -0.1) is 0 Å². The van der Waals surface area contributed by atoms with E-state index in [-0.39, 0.29) is 11.3 Å². The molecular weight excluding hydrogens is 386 g/mol. The zero-order chi connectivity index (χ0) is 23.0. The van der Waals surface area contributed by atoms with Crippen LogP contribution in [-0.4, -0.2) is 45.5 Å². The summed E-state index contributed by atoms with van der Waals surface area (Å²) in [6.07, 6.45) is 8.71. The first-order valence-corrected chi connectivity index (χ1v) is 11.5. The van der Waals surface area contributed by atoms with E-state index in [2.05, 4.69) is 63.9 Å². The summed E-state index contributed by atoms with van der Waals surface area (Å²) in [5.74, 6) is 2.15. The zero-order valence-electron chi connectivity index (χ0n) is 20.5. The van der Waals surface area contributed by atoms with Gasteiger partial charge in [0.2, 0.25) is 0 Å². The first-order valence-electron chi connectivity index (χ1n) is 11.5. The normalized spacial score (nSPS) is 21.1. The molecule has 0 saturated heterocycles. The molecular formula is C27H41NO3. The lowest BCUT2D eigenvalue weighted by Crippen LogP contribution is -2.40. The minimum atomic E-state index is -0.188. The van der Waals surface area contributed by atoms with Gasteiger partial charge in [-0.2, -0.15) is 0 Å². The van der Waals surface area contributed by atoms with Crippen LogP contribution in [0.15, 0.2) is 41.9 Å². The van der Waals surface area contributed by atoms with Crippen LogP contribution in [0.3, 0.4) is 0 Å². The van der Waals surface area contributed by atoms with Gasteiger partial charge in [0.15, 0.2) is 0 Å². The van der Waals surface area contributed by atoms with E-state index in [0.29, 0.717) is 12.3 Å². The fourth-order valence-corrected chi connectivity index (χ4v) is 4.94. The van der Waals surface area contributed by atoms with E-state index in [4.69, 9.17) is 9.47 Å². The summed E-state index contributed by atoms with van der Waals surface area (Å²) in [6.45, 7) is 10.9. The van der Waals surface area contributed by atoms with E-state index in [9.17, 15) is 4.79 Å². The molecule has 0 amide bonds. The SMILES string of the molecule is COC1=CC(CC=O)C(CCCN(C)CCc2ccc(C)c(C)c2)(C(C)C)C(OC)=C1. The number of aryl methyl sites for hydroxylation is 2. The minimum absolute atomic E-state index is 0.0840. The smallest absolute Gasteiger partial charge is 0.120 e. The quantitative estimate of drug-likeness (QED) is 0.414. The lowest BCUT2D eigenvalue weighted by atomic mass is 9.61. The van der Waals surface area contributed by atoms with Crippen molar-refractivity contribution in [1.82, 2.24) is 4.90 Å². The molecule has 0 spiro atoms. The standard InChI is InChI=1S/C27H41NO3/c1-20(2)27(24(12-16-29)18-25(30-6)19-26(27)31-7)13-8-14-28(5)15-11-23-10-9-21(3)22(4)17-23/h9-10,16-20,24H,8,11-15H2,1-7H3. The van der Waals surface area contributed by atoms with Gasteiger partial charge in [0.05, 0.1) is 14.2 Å². The lowest BCUT2D eigenvalue weighted by Gasteiger charge is -2.46. The Morgan fingerprint density at radius 1 is 1.13 bits per heavy atom. The van der Waals surface area contributed by atoms with E-state index in [0.717, 1.165) is 50.2 Å². The molecule has 1 aliphatic rings. The number of carbonyl (C=O) groups is 1. The van der Waals surface area contributed by atoms with Crippen molar-refractivity contribution in [2.45, 2.75) is 53.4 Å². The van der Waals surface area contributed by atoms with E-state index < -0.39 is 0 Å². The first kappa shape index (κ1) is 25.2. The number of hydrogen-bond acceptors (Lipinski definition) is 4. The zero-order valence-corrected chi connectivity index (χ0v) is 20.5. The van der Waals surface area contributed by atoms with Crippen molar-refractivity contribution in [1.29, 1.82) is 0 Å². The highest BCUT2D eigenvalue weighted by molar-refractivity contribution is 5.52. The summed E-state index contributed by atoms with van der Waals surface area (Å²) in [4.78, 5) is 13.9. The van der Waals surface area contributed by atoms with Gasteiger partial charge in [0, 0.05) is 30.4 Å². The van der Waals surface area contributed by atoms with Gasteiger partial charge in [-0.1, -0.05) is 32.0 Å². The van der Waals surface area contributed by atoms with Gasteiger partial charge in [0.1, 0.15) is 17.8 Å². The van der Waals surface area contributed by atoms with Crippen LogP contribution in [0.2, 0.25) is 0 Å². The predicted molar refractivity (Wildman–Crippen MR) is 128 cm³/mol. The average molecular weight is 428 g/mol. The number of aldehydes is 1. The Labute approximate surface area is 189 Å². The highest BCUT2D eigenvalue weighted by Crippen LogP contribution is 2.51. The molecule has 0 saturated carbocycles. The molecule has 1 aliphatic carbocycles. The Morgan fingerprint density at radius 3 is 2.45 bits per heavy atom. The molecule has 4 nitrogen and oxygen atoms in total. The Morgan fingerprint density at radius 2 is 1.87 bits per heavy atom. The molecule has 0 radical (unpaired) electrons. The first-order chi connectivity index (χ1) is 14.8. The second-order valence-corrected chi connectivity index (χ2v) is 9.27. The summed E-state index contributed by atoms with van der Waals surface area (Å²) in [5, 5.41) is 0. The van der Waals surface area contributed by atoms with Crippen LogP contribution in [0.1, 0.15) is 49.8 Å². The van der Waals surface area contributed by atoms with Crippen LogP contribution in [0, 0.1) is 31.1 Å². The highest BCUT2D eigenvalue weighted by atomic mass is 16.5. The highest BCUT2D eigenvalue weighted by Gasteiger charge is 2.46. The van der Waals surface area contributed by atoms with Crippen LogP contribution >= 0.6 is 0 Å². The molecule has 4 heteroatoms. The van der Waals surface area contributed by atoms with Crippen molar-refractivity contribution in [3.8, 4) is 0 Å². The molecule has 0 bridgehead atoms. The molecule has 0 aromatic heterocycles. The molecule has 31 heavy (non-hydrogen) atoms. The third-order valence-corrected chi connectivity index (χ3v) is 7.08. The van der Waals surface area contributed by atoms with Crippen LogP contribution in [0.4, 0.5) is 0 Å². The summed E-state index contributed by atoms with van der Waals surface area (Å²) in [6, 6.07) is 6.76. The molecule has 2 unspecified atom stereocenters. The van der Waals surface area contributed by atoms with Crippen molar-refractivity contribution in [2.75, 3.05) is 34.4 Å². The molecule has 1 aromatic carbocycles. The molecule has 2 atom stereocenters. The number of allylic oxidation sites excluding steroid dienone is 3. The molecule has 0 aliphatic heterocycles. The van der Waals surface area contributed by atoms with Gasteiger partial charge >= 0.3 is 0 Å². The fourth-order valence-electron chi connectivity index (χ4n) is 4.94. The van der Waals surface area contributed by atoms with E-state index in [1.54, 1.807) is 14.2 Å². The summed E-state index contributed by atoms with van der Waals surface area (Å²) < 4.78 is 11.4. The van der Waals surface area contributed by atoms with Crippen molar-refractivity contribution in [3.63, 3.8) is 0 Å². The summed E-state index contributed by atoms with van der Waals surface area (Å²) in [7, 11) is 5.60. The second kappa shape index (κ2) is 11.5. The van der Waals surface area contributed by atoms with E-state index >= 15 is 0 Å². The van der Waals surface area contributed by atoms with Gasteiger partial charge in [-0.3, -0.25) is 0 Å². The van der Waals surface area contributed by atoms with E-state index in [1.165, 1.54) is 16.7 Å². The summed E-state index contributed by atoms with van der Waals surface area (Å²) >= 11 is 0. The van der Waals surface area contributed by atoms with Crippen molar-refractivity contribution in [2.24, 2.45) is 17.3 Å². The Bertz CT molecular complexity index is 796. The number of carbonyl (C=O) groups excluding carboxylic acids is 1. The monoisotopic (exact) mass is 427 g/mol. The number of rotatable bonds is 12. The second-order valence-electron chi connectivity index (χ2n) is 9.27. The van der Waals surface area contributed by atoms with Gasteiger partial charge in [-0.05, 0) is 75.4 Å². The van der Waals surface area contributed by atoms with E-state index in [1.807, 2.05) is 6.08 Å². The van der Waals surface area contributed by atoms with Crippen LogP contribution < -0.4 is 0 Å². The molecule has 0 fully saturated rings. The average Bonchev–Trinajstić information content (AvgIpc) is 2.75. The lowest BCUT2D eigenvalue weighted by molar-refractivity contribution is -0.109. The maximum atomic E-state index is 11.5. The Hall–Kier alpha value is -2.07. The topological polar surface area (TPSA) is 38.8 Å². The van der Waals surface area contributed by atoms with Gasteiger partial charge in [0.25, 0.3) is 0 Å². The van der Waals surface area contributed by atoms with Crippen molar-refractivity contribution in [3.05, 3.63) is 58.6 Å². The van der Waals surface area contributed by atoms with Crippen LogP contribution in [-0.2, 0) is 20.7 Å². The fraction of sp³-hybridized carbons (Fsp3) is 0.593. The maximum Gasteiger partial charge on any atom is 0.120 e. The van der Waals surface area contributed by atoms with Crippen molar-refractivity contribution < 1.29 is 14.3 Å². The van der Waals surface area contributed by atoms with Crippen LogP contribution in [0.5, 0.6) is 0 Å². The maximum absolute atomic E-state index is 11.5. The number of nitrogens with zero attached hydrogens (tertiary/aromatic N) is 1.